The number of anilines is 1. The molecule has 0 radical (unpaired) electrons. The fraction of sp³-hybridized carbons (Fsp3) is 0.556. The quantitative estimate of drug-likeness (QED) is 0.862. The lowest BCUT2D eigenvalue weighted by atomic mass is 9.85. The Balaban J connectivity index is 1.96. The van der Waals surface area contributed by atoms with Crippen LogP contribution in [0.5, 0.6) is 0 Å². The summed E-state index contributed by atoms with van der Waals surface area (Å²) in [5, 5.41) is 3.56. The summed E-state index contributed by atoms with van der Waals surface area (Å²) in [6.45, 7) is 0.978. The lowest BCUT2D eigenvalue weighted by Crippen LogP contribution is -2.21. The SMILES string of the molecule is Clc1ncc(Br)c(NCC2CCC2)n1. The van der Waals surface area contributed by atoms with Gasteiger partial charge in [0.05, 0.1) is 4.47 Å². The van der Waals surface area contributed by atoms with E-state index < -0.39 is 0 Å². The molecule has 0 aliphatic heterocycles. The first-order valence-electron chi connectivity index (χ1n) is 4.67. The molecule has 3 nitrogen and oxygen atoms in total. The molecule has 14 heavy (non-hydrogen) atoms. The summed E-state index contributed by atoms with van der Waals surface area (Å²) in [6, 6.07) is 0. The van der Waals surface area contributed by atoms with Crippen LogP contribution < -0.4 is 5.32 Å². The van der Waals surface area contributed by atoms with Gasteiger partial charge in [-0.15, -0.1) is 0 Å². The summed E-state index contributed by atoms with van der Waals surface area (Å²) in [4.78, 5) is 7.97. The third kappa shape index (κ3) is 2.36. The normalized spacial score (nSPS) is 16.4. The van der Waals surface area contributed by atoms with Crippen molar-refractivity contribution >= 4 is 33.3 Å². The Morgan fingerprint density at radius 1 is 1.57 bits per heavy atom. The molecule has 2 rings (SSSR count). The Morgan fingerprint density at radius 2 is 2.36 bits per heavy atom. The summed E-state index contributed by atoms with van der Waals surface area (Å²) < 4.78 is 0.862. The topological polar surface area (TPSA) is 37.8 Å². The van der Waals surface area contributed by atoms with E-state index in [9.17, 15) is 0 Å². The van der Waals surface area contributed by atoms with Crippen LogP contribution >= 0.6 is 27.5 Å². The summed E-state index contributed by atoms with van der Waals surface area (Å²) >= 11 is 9.07. The second-order valence-corrected chi connectivity index (χ2v) is 4.71. The highest BCUT2D eigenvalue weighted by molar-refractivity contribution is 9.10. The maximum atomic E-state index is 5.70. The lowest BCUT2D eigenvalue weighted by molar-refractivity contribution is 0.333. The van der Waals surface area contributed by atoms with Crippen LogP contribution in [0.4, 0.5) is 5.82 Å². The molecular formula is C9H11BrClN3. The Kier molecular flexibility index (Phi) is 3.23. The Bertz CT molecular complexity index is 328. The zero-order valence-electron chi connectivity index (χ0n) is 7.63. The van der Waals surface area contributed by atoms with E-state index in [1.165, 1.54) is 19.3 Å². The second kappa shape index (κ2) is 4.45. The fourth-order valence-electron chi connectivity index (χ4n) is 1.41. The van der Waals surface area contributed by atoms with E-state index in [1.807, 2.05) is 0 Å². The smallest absolute Gasteiger partial charge is 0.224 e. The molecule has 1 heterocycles. The molecule has 1 saturated carbocycles. The number of halogens is 2. The van der Waals surface area contributed by atoms with Crippen molar-refractivity contribution in [2.24, 2.45) is 5.92 Å². The molecule has 1 aliphatic carbocycles. The van der Waals surface area contributed by atoms with Gasteiger partial charge in [0.25, 0.3) is 0 Å². The molecule has 0 unspecified atom stereocenters. The van der Waals surface area contributed by atoms with Gasteiger partial charge < -0.3 is 5.32 Å². The molecule has 76 valence electrons. The summed E-state index contributed by atoms with van der Waals surface area (Å²) in [5.74, 6) is 1.59. The van der Waals surface area contributed by atoms with Gasteiger partial charge in [0.1, 0.15) is 5.82 Å². The van der Waals surface area contributed by atoms with E-state index in [0.717, 1.165) is 22.8 Å². The van der Waals surface area contributed by atoms with Gasteiger partial charge in [0.2, 0.25) is 5.28 Å². The van der Waals surface area contributed by atoms with Crippen LogP contribution in [0.25, 0.3) is 0 Å². The van der Waals surface area contributed by atoms with Crippen LogP contribution in [0, 0.1) is 5.92 Å². The van der Waals surface area contributed by atoms with Crippen LogP contribution in [0.2, 0.25) is 5.28 Å². The number of hydrogen-bond donors (Lipinski definition) is 1. The average Bonchev–Trinajstić information content (AvgIpc) is 2.08. The van der Waals surface area contributed by atoms with Gasteiger partial charge in [-0.2, -0.15) is 4.98 Å². The van der Waals surface area contributed by atoms with Crippen molar-refractivity contribution in [1.82, 2.24) is 9.97 Å². The van der Waals surface area contributed by atoms with Crippen molar-refractivity contribution < 1.29 is 0 Å². The van der Waals surface area contributed by atoms with Crippen molar-refractivity contribution in [3.63, 3.8) is 0 Å². The monoisotopic (exact) mass is 275 g/mol. The second-order valence-electron chi connectivity index (χ2n) is 3.51. The first kappa shape index (κ1) is 10.2. The van der Waals surface area contributed by atoms with Crippen molar-refractivity contribution in [3.05, 3.63) is 16.0 Å². The predicted molar refractivity (Wildman–Crippen MR) is 60.6 cm³/mol. The van der Waals surface area contributed by atoms with Gasteiger partial charge >= 0.3 is 0 Å². The fourth-order valence-corrected chi connectivity index (χ4v) is 1.87. The zero-order valence-corrected chi connectivity index (χ0v) is 9.98. The minimum absolute atomic E-state index is 0.282. The third-order valence-corrected chi connectivity index (χ3v) is 3.26. The van der Waals surface area contributed by atoms with Gasteiger partial charge in [-0.3, -0.25) is 0 Å². The van der Waals surface area contributed by atoms with Crippen LogP contribution in [-0.2, 0) is 0 Å². The van der Waals surface area contributed by atoms with E-state index in [2.05, 4.69) is 31.2 Å². The summed E-state index contributed by atoms with van der Waals surface area (Å²) in [7, 11) is 0. The summed E-state index contributed by atoms with van der Waals surface area (Å²) in [5.41, 5.74) is 0. The maximum absolute atomic E-state index is 5.70. The predicted octanol–water partition coefficient (Wildman–Crippen LogP) is 3.10. The molecule has 0 bridgehead atoms. The van der Waals surface area contributed by atoms with E-state index in [-0.39, 0.29) is 5.28 Å². The minimum atomic E-state index is 0.282. The molecular weight excluding hydrogens is 265 g/mol. The van der Waals surface area contributed by atoms with E-state index in [4.69, 9.17) is 11.6 Å². The van der Waals surface area contributed by atoms with Gasteiger partial charge in [0.15, 0.2) is 0 Å². The molecule has 5 heteroatoms. The molecule has 0 saturated heterocycles. The molecule has 1 fully saturated rings. The lowest BCUT2D eigenvalue weighted by Gasteiger charge is -2.25. The largest absolute Gasteiger partial charge is 0.369 e. The molecule has 0 aromatic carbocycles. The number of aromatic nitrogens is 2. The molecule has 0 spiro atoms. The molecule has 0 atom stereocenters. The maximum Gasteiger partial charge on any atom is 0.224 e. The number of rotatable bonds is 3. The Hall–Kier alpha value is -0.350. The van der Waals surface area contributed by atoms with Gasteiger partial charge in [-0.1, -0.05) is 6.42 Å². The zero-order chi connectivity index (χ0) is 9.97. The van der Waals surface area contributed by atoms with Gasteiger partial charge in [-0.05, 0) is 46.3 Å². The van der Waals surface area contributed by atoms with Crippen molar-refractivity contribution in [1.29, 1.82) is 0 Å². The Morgan fingerprint density at radius 3 is 3.00 bits per heavy atom. The Labute approximate surface area is 96.4 Å². The van der Waals surface area contributed by atoms with Crippen molar-refractivity contribution in [3.8, 4) is 0 Å². The molecule has 0 amide bonds. The standard InChI is InChI=1S/C9H11BrClN3/c10-7-5-13-9(11)14-8(7)12-4-6-2-1-3-6/h5-6H,1-4H2,(H,12,13,14). The van der Waals surface area contributed by atoms with Crippen molar-refractivity contribution in [2.45, 2.75) is 19.3 Å². The molecule has 1 N–H and O–H groups in total. The van der Waals surface area contributed by atoms with Crippen LogP contribution in [0.1, 0.15) is 19.3 Å². The highest BCUT2D eigenvalue weighted by atomic mass is 79.9. The average molecular weight is 277 g/mol. The number of hydrogen-bond acceptors (Lipinski definition) is 3. The van der Waals surface area contributed by atoms with Crippen LogP contribution in [0.3, 0.4) is 0 Å². The minimum Gasteiger partial charge on any atom is -0.369 e. The van der Waals surface area contributed by atoms with Crippen molar-refractivity contribution in [2.75, 3.05) is 11.9 Å². The highest BCUT2D eigenvalue weighted by Crippen LogP contribution is 2.27. The third-order valence-electron chi connectivity index (χ3n) is 2.50. The number of nitrogens with one attached hydrogen (secondary N) is 1. The molecule has 1 aromatic rings. The van der Waals surface area contributed by atoms with Crippen LogP contribution in [0.15, 0.2) is 10.7 Å². The van der Waals surface area contributed by atoms with E-state index in [0.29, 0.717) is 0 Å². The molecule has 1 aromatic heterocycles. The first-order valence-corrected chi connectivity index (χ1v) is 5.84. The molecule has 1 aliphatic rings. The van der Waals surface area contributed by atoms with Gasteiger partial charge in [0, 0.05) is 12.7 Å². The first-order chi connectivity index (χ1) is 6.75. The van der Waals surface area contributed by atoms with Gasteiger partial charge in [-0.25, -0.2) is 4.98 Å². The highest BCUT2D eigenvalue weighted by Gasteiger charge is 2.17. The van der Waals surface area contributed by atoms with Crippen LogP contribution in [-0.4, -0.2) is 16.5 Å². The van der Waals surface area contributed by atoms with E-state index in [1.54, 1.807) is 6.20 Å². The number of nitrogens with zero attached hydrogens (tertiary/aromatic N) is 2. The summed E-state index contributed by atoms with van der Waals surface area (Å²) in [6.07, 6.45) is 5.67. The van der Waals surface area contributed by atoms with E-state index >= 15 is 0 Å².